The highest BCUT2D eigenvalue weighted by Gasteiger charge is 2.38. The van der Waals surface area contributed by atoms with Crippen molar-refractivity contribution < 1.29 is 27.9 Å². The lowest BCUT2D eigenvalue weighted by Crippen LogP contribution is -2.36. The Kier molecular flexibility index (Phi) is 5.55. The van der Waals surface area contributed by atoms with Crippen LogP contribution in [0.25, 0.3) is 21.7 Å². The van der Waals surface area contributed by atoms with Gasteiger partial charge in [0, 0.05) is 23.5 Å². The topological polar surface area (TPSA) is 94.2 Å². The molecular weight excluding hydrogens is 375 g/mol. The number of carboxylic acids is 1. The van der Waals surface area contributed by atoms with Gasteiger partial charge in [-0.1, -0.05) is 30.3 Å². The number of aromatic amines is 1. The summed E-state index contributed by atoms with van der Waals surface area (Å²) in [5, 5.41) is 16.9. The van der Waals surface area contributed by atoms with Crippen LogP contribution in [-0.2, 0) is 4.79 Å². The van der Waals surface area contributed by atoms with Crippen molar-refractivity contribution in [3.05, 3.63) is 48.2 Å². The quantitative estimate of drug-likeness (QED) is 0.538. The molecule has 148 valence electrons. The van der Waals surface area contributed by atoms with Crippen LogP contribution in [0.5, 0.6) is 0 Å². The summed E-state index contributed by atoms with van der Waals surface area (Å²) in [6.07, 6.45) is -4.09. The molecule has 3 aromatic rings. The molecule has 1 fully saturated rings. The third-order valence-electron chi connectivity index (χ3n) is 4.41. The van der Waals surface area contributed by atoms with Gasteiger partial charge in [0.15, 0.2) is 0 Å². The van der Waals surface area contributed by atoms with Gasteiger partial charge >= 0.3 is 12.1 Å². The number of alkyl halides is 3. The minimum atomic E-state index is -5.08. The molecule has 2 aromatic carbocycles. The first kappa shape index (κ1) is 19.7. The van der Waals surface area contributed by atoms with Crippen molar-refractivity contribution in [2.45, 2.75) is 18.6 Å². The first-order valence-electron chi connectivity index (χ1n) is 8.58. The van der Waals surface area contributed by atoms with Crippen molar-refractivity contribution in [3.8, 4) is 0 Å². The van der Waals surface area contributed by atoms with Gasteiger partial charge in [-0.15, -0.1) is 0 Å². The standard InChI is InChI=1S/C17H17N3O.C2HF3O2/c21-17(19-12-7-8-18-10-12)16-9-14-13-4-2-1-3-11(13)5-6-15(14)20-16;3-2(4,5)1(6)7/h1-6,9,12,18,20H,7-8,10H2,(H,19,21);(H,6,7)/t12-;/m1./s1. The zero-order chi connectivity index (χ0) is 20.3. The molecule has 0 aliphatic carbocycles. The number of benzene rings is 2. The van der Waals surface area contributed by atoms with E-state index in [0.717, 1.165) is 30.4 Å². The van der Waals surface area contributed by atoms with Gasteiger partial charge in [-0.25, -0.2) is 4.79 Å². The number of hydrogen-bond acceptors (Lipinski definition) is 3. The normalized spacial score (nSPS) is 16.6. The number of carbonyl (C=O) groups is 2. The Labute approximate surface area is 157 Å². The fourth-order valence-corrected chi connectivity index (χ4v) is 3.05. The maximum atomic E-state index is 12.3. The molecule has 1 aromatic heterocycles. The van der Waals surface area contributed by atoms with Gasteiger partial charge in [0.25, 0.3) is 5.91 Å². The number of aromatic nitrogens is 1. The SMILES string of the molecule is O=C(N[C@@H]1CCNC1)c1cc2c(ccc3ccccc32)[nH]1.O=C(O)C(F)(F)F. The minimum absolute atomic E-state index is 0.0241. The van der Waals surface area contributed by atoms with Gasteiger partial charge in [0.05, 0.1) is 0 Å². The van der Waals surface area contributed by atoms with E-state index in [9.17, 15) is 18.0 Å². The molecule has 9 heteroatoms. The second-order valence-corrected chi connectivity index (χ2v) is 6.40. The smallest absolute Gasteiger partial charge is 0.475 e. The van der Waals surface area contributed by atoms with Crippen LogP contribution in [0.1, 0.15) is 16.9 Å². The summed E-state index contributed by atoms with van der Waals surface area (Å²) in [5.41, 5.74) is 1.64. The van der Waals surface area contributed by atoms with E-state index in [4.69, 9.17) is 9.90 Å². The number of H-pyrrole nitrogens is 1. The summed E-state index contributed by atoms with van der Waals surface area (Å²) < 4.78 is 31.7. The second kappa shape index (κ2) is 7.89. The lowest BCUT2D eigenvalue weighted by atomic mass is 10.1. The molecule has 0 spiro atoms. The van der Waals surface area contributed by atoms with Crippen LogP contribution < -0.4 is 10.6 Å². The zero-order valence-electron chi connectivity index (χ0n) is 14.6. The molecule has 1 atom stereocenters. The van der Waals surface area contributed by atoms with Crippen molar-refractivity contribution in [2.75, 3.05) is 13.1 Å². The number of halogens is 3. The summed E-state index contributed by atoms with van der Waals surface area (Å²) in [5.74, 6) is -2.78. The molecule has 1 aliphatic rings. The van der Waals surface area contributed by atoms with Crippen LogP contribution in [0.2, 0.25) is 0 Å². The van der Waals surface area contributed by atoms with Crippen molar-refractivity contribution in [3.63, 3.8) is 0 Å². The zero-order valence-corrected chi connectivity index (χ0v) is 14.6. The number of carbonyl (C=O) groups excluding carboxylic acids is 1. The number of aliphatic carboxylic acids is 1. The Hall–Kier alpha value is -3.07. The number of nitrogens with one attached hydrogen (secondary N) is 3. The van der Waals surface area contributed by atoms with Crippen molar-refractivity contribution in [2.24, 2.45) is 0 Å². The van der Waals surface area contributed by atoms with Crippen molar-refractivity contribution >= 4 is 33.6 Å². The lowest BCUT2D eigenvalue weighted by molar-refractivity contribution is -0.192. The largest absolute Gasteiger partial charge is 0.490 e. The molecule has 0 unspecified atom stereocenters. The van der Waals surface area contributed by atoms with Gasteiger partial charge < -0.3 is 20.7 Å². The highest BCUT2D eigenvalue weighted by Crippen LogP contribution is 2.25. The van der Waals surface area contributed by atoms with E-state index in [2.05, 4.69) is 33.8 Å². The molecule has 4 N–H and O–H groups in total. The molecule has 4 rings (SSSR count). The van der Waals surface area contributed by atoms with Crippen LogP contribution in [0.4, 0.5) is 13.2 Å². The Balaban J connectivity index is 0.000000279. The van der Waals surface area contributed by atoms with E-state index in [1.165, 1.54) is 10.8 Å². The average molecular weight is 393 g/mol. The predicted molar refractivity (Wildman–Crippen MR) is 98.2 cm³/mol. The molecule has 1 amide bonds. The fourth-order valence-electron chi connectivity index (χ4n) is 3.05. The molecule has 2 heterocycles. The molecule has 28 heavy (non-hydrogen) atoms. The maximum absolute atomic E-state index is 12.3. The third kappa shape index (κ3) is 4.42. The summed E-state index contributed by atoms with van der Waals surface area (Å²) in [4.78, 5) is 24.5. The van der Waals surface area contributed by atoms with Gasteiger partial charge in [0.1, 0.15) is 5.69 Å². The fraction of sp³-hybridized carbons (Fsp3) is 0.263. The summed E-state index contributed by atoms with van der Waals surface area (Å²) in [6, 6.07) is 14.5. The van der Waals surface area contributed by atoms with E-state index in [1.54, 1.807) is 0 Å². The van der Waals surface area contributed by atoms with Crippen LogP contribution in [-0.4, -0.2) is 47.3 Å². The number of amides is 1. The van der Waals surface area contributed by atoms with Gasteiger partial charge in [0.2, 0.25) is 0 Å². The third-order valence-corrected chi connectivity index (χ3v) is 4.41. The second-order valence-electron chi connectivity index (χ2n) is 6.40. The molecular formula is C19H18F3N3O3. The molecule has 1 saturated heterocycles. The first-order valence-corrected chi connectivity index (χ1v) is 8.58. The number of hydrogen-bond donors (Lipinski definition) is 4. The molecule has 1 aliphatic heterocycles. The highest BCUT2D eigenvalue weighted by atomic mass is 19.4. The van der Waals surface area contributed by atoms with Crippen LogP contribution in [0.15, 0.2) is 42.5 Å². The maximum Gasteiger partial charge on any atom is 0.490 e. The Morgan fingerprint density at radius 2 is 1.82 bits per heavy atom. The van der Waals surface area contributed by atoms with Crippen molar-refractivity contribution in [1.82, 2.24) is 15.6 Å². The van der Waals surface area contributed by atoms with Crippen molar-refractivity contribution in [1.29, 1.82) is 0 Å². The Morgan fingerprint density at radius 1 is 1.11 bits per heavy atom. The molecule has 0 saturated carbocycles. The van der Waals surface area contributed by atoms with E-state index < -0.39 is 12.1 Å². The van der Waals surface area contributed by atoms with Gasteiger partial charge in [-0.2, -0.15) is 13.2 Å². The molecule has 6 nitrogen and oxygen atoms in total. The molecule has 0 radical (unpaired) electrons. The number of rotatable bonds is 2. The van der Waals surface area contributed by atoms with E-state index in [0.29, 0.717) is 5.69 Å². The summed E-state index contributed by atoms with van der Waals surface area (Å²) >= 11 is 0. The highest BCUT2D eigenvalue weighted by molar-refractivity contribution is 6.09. The lowest BCUT2D eigenvalue weighted by Gasteiger charge is -2.09. The van der Waals surface area contributed by atoms with Gasteiger partial charge in [-0.3, -0.25) is 4.79 Å². The summed E-state index contributed by atoms with van der Waals surface area (Å²) in [6.45, 7) is 1.83. The number of fused-ring (bicyclic) bond motifs is 3. The Morgan fingerprint density at radius 3 is 2.46 bits per heavy atom. The van der Waals surface area contributed by atoms with E-state index in [-0.39, 0.29) is 11.9 Å². The first-order chi connectivity index (χ1) is 13.3. The summed E-state index contributed by atoms with van der Waals surface area (Å²) in [7, 11) is 0. The van der Waals surface area contributed by atoms with E-state index >= 15 is 0 Å². The van der Waals surface area contributed by atoms with Crippen LogP contribution in [0.3, 0.4) is 0 Å². The minimum Gasteiger partial charge on any atom is -0.475 e. The monoisotopic (exact) mass is 393 g/mol. The van der Waals surface area contributed by atoms with Crippen LogP contribution in [0, 0.1) is 0 Å². The number of carboxylic acid groups (broad SMARTS) is 1. The van der Waals surface area contributed by atoms with Gasteiger partial charge in [-0.05, 0) is 35.9 Å². The molecule has 0 bridgehead atoms. The predicted octanol–water partition coefficient (Wildman–Crippen LogP) is 3.05. The Bertz CT molecular complexity index is 1010. The van der Waals surface area contributed by atoms with Crippen LogP contribution >= 0.6 is 0 Å². The van der Waals surface area contributed by atoms with E-state index in [1.807, 2.05) is 24.3 Å². The average Bonchev–Trinajstić information content (AvgIpc) is 3.30.